The van der Waals surface area contributed by atoms with Crippen LogP contribution in [0.15, 0.2) is 36.5 Å². The largest absolute Gasteiger partial charge is 0.377 e. The van der Waals surface area contributed by atoms with E-state index in [-0.39, 0.29) is 11.9 Å². The van der Waals surface area contributed by atoms with E-state index in [1.807, 2.05) is 37.3 Å². The summed E-state index contributed by atoms with van der Waals surface area (Å²) in [7, 11) is 0. The van der Waals surface area contributed by atoms with Crippen LogP contribution in [0.4, 0.5) is 0 Å². The number of morpholine rings is 1. The zero-order chi connectivity index (χ0) is 13.9. The van der Waals surface area contributed by atoms with Gasteiger partial charge in [-0.05, 0) is 19.1 Å². The highest BCUT2D eigenvalue weighted by molar-refractivity contribution is 5.92. The van der Waals surface area contributed by atoms with Crippen LogP contribution in [-0.2, 0) is 4.74 Å². The fourth-order valence-electron chi connectivity index (χ4n) is 2.24. The first-order valence-electron chi connectivity index (χ1n) is 6.62. The molecule has 1 fully saturated rings. The van der Waals surface area contributed by atoms with E-state index in [2.05, 4.69) is 10.3 Å². The van der Waals surface area contributed by atoms with Crippen LogP contribution in [0.5, 0.6) is 0 Å². The van der Waals surface area contributed by atoms with Gasteiger partial charge in [0.15, 0.2) is 5.69 Å². The zero-order valence-corrected chi connectivity index (χ0v) is 11.3. The van der Waals surface area contributed by atoms with Crippen molar-refractivity contribution in [3.05, 3.63) is 42.2 Å². The van der Waals surface area contributed by atoms with Gasteiger partial charge in [-0.15, -0.1) is 5.10 Å². The predicted molar refractivity (Wildman–Crippen MR) is 72.7 cm³/mol. The van der Waals surface area contributed by atoms with Crippen LogP contribution in [0.3, 0.4) is 0 Å². The van der Waals surface area contributed by atoms with Gasteiger partial charge in [0.2, 0.25) is 0 Å². The van der Waals surface area contributed by atoms with Gasteiger partial charge in [0.05, 0.1) is 31.1 Å². The quantitative estimate of drug-likeness (QED) is 0.822. The van der Waals surface area contributed by atoms with Crippen molar-refractivity contribution in [1.82, 2.24) is 19.9 Å². The van der Waals surface area contributed by atoms with Crippen LogP contribution in [0.2, 0.25) is 0 Å². The van der Waals surface area contributed by atoms with E-state index < -0.39 is 0 Å². The molecule has 2 aromatic rings. The number of hydrogen-bond acceptors (Lipinski definition) is 4. The lowest BCUT2D eigenvalue weighted by Crippen LogP contribution is -2.47. The number of ether oxygens (including phenoxy) is 1. The van der Waals surface area contributed by atoms with Crippen LogP contribution in [0.25, 0.3) is 5.69 Å². The molecular weight excluding hydrogens is 256 g/mol. The minimum Gasteiger partial charge on any atom is -0.377 e. The Hall–Kier alpha value is -2.21. The Balaban J connectivity index is 1.81. The Kier molecular flexibility index (Phi) is 3.47. The highest BCUT2D eigenvalue weighted by Gasteiger charge is 2.26. The first-order chi connectivity index (χ1) is 9.75. The molecule has 0 bridgehead atoms. The maximum absolute atomic E-state index is 12.4. The molecule has 2 heterocycles. The van der Waals surface area contributed by atoms with E-state index >= 15 is 0 Å². The molecule has 6 heteroatoms. The van der Waals surface area contributed by atoms with Gasteiger partial charge in [-0.25, -0.2) is 4.68 Å². The first kappa shape index (κ1) is 12.8. The smallest absolute Gasteiger partial charge is 0.276 e. The zero-order valence-electron chi connectivity index (χ0n) is 11.3. The van der Waals surface area contributed by atoms with Crippen LogP contribution in [-0.4, -0.2) is 51.6 Å². The monoisotopic (exact) mass is 272 g/mol. The SMILES string of the molecule is C[C@H]1COCCN1C(=O)c1cn(-c2ccccc2)nn1. The third kappa shape index (κ3) is 2.42. The molecule has 0 N–H and O–H groups in total. The van der Waals surface area contributed by atoms with E-state index in [9.17, 15) is 4.79 Å². The van der Waals surface area contributed by atoms with Crippen molar-refractivity contribution in [2.75, 3.05) is 19.8 Å². The van der Waals surface area contributed by atoms with Gasteiger partial charge in [0.1, 0.15) is 0 Å². The van der Waals surface area contributed by atoms with Crippen molar-refractivity contribution in [3.8, 4) is 5.69 Å². The highest BCUT2D eigenvalue weighted by atomic mass is 16.5. The van der Waals surface area contributed by atoms with Gasteiger partial charge in [-0.1, -0.05) is 23.4 Å². The number of hydrogen-bond donors (Lipinski definition) is 0. The molecule has 0 unspecified atom stereocenters. The van der Waals surface area contributed by atoms with Crippen LogP contribution in [0, 0.1) is 0 Å². The number of nitrogens with zero attached hydrogens (tertiary/aromatic N) is 4. The number of carbonyl (C=O) groups excluding carboxylic acids is 1. The van der Waals surface area contributed by atoms with Crippen LogP contribution < -0.4 is 0 Å². The summed E-state index contributed by atoms with van der Waals surface area (Å²) in [6.07, 6.45) is 1.67. The Bertz CT molecular complexity index is 596. The fraction of sp³-hybridized carbons (Fsp3) is 0.357. The second-order valence-electron chi connectivity index (χ2n) is 4.81. The molecule has 1 aliphatic rings. The molecule has 1 aromatic carbocycles. The molecule has 0 spiro atoms. The average molecular weight is 272 g/mol. The molecule has 20 heavy (non-hydrogen) atoms. The molecule has 104 valence electrons. The lowest BCUT2D eigenvalue weighted by Gasteiger charge is -2.32. The number of benzene rings is 1. The molecular formula is C14H16N4O2. The Morgan fingerprint density at radius 3 is 2.90 bits per heavy atom. The summed E-state index contributed by atoms with van der Waals surface area (Å²) in [6.45, 7) is 3.71. The van der Waals surface area contributed by atoms with Crippen LogP contribution in [0.1, 0.15) is 17.4 Å². The molecule has 0 saturated carbocycles. The summed E-state index contributed by atoms with van der Waals surface area (Å²) in [5.74, 6) is -0.0945. The van der Waals surface area contributed by atoms with Crippen molar-refractivity contribution in [2.45, 2.75) is 13.0 Å². The minimum absolute atomic E-state index is 0.0677. The van der Waals surface area contributed by atoms with E-state index in [1.54, 1.807) is 15.8 Å². The number of rotatable bonds is 2. The summed E-state index contributed by atoms with van der Waals surface area (Å²) in [6, 6.07) is 9.67. The van der Waals surface area contributed by atoms with E-state index in [1.165, 1.54) is 0 Å². The van der Waals surface area contributed by atoms with Crippen LogP contribution >= 0.6 is 0 Å². The molecule has 1 aliphatic heterocycles. The van der Waals surface area contributed by atoms with Crippen molar-refractivity contribution in [3.63, 3.8) is 0 Å². The lowest BCUT2D eigenvalue weighted by molar-refractivity contribution is 0.00326. The summed E-state index contributed by atoms with van der Waals surface area (Å²) in [4.78, 5) is 14.2. The average Bonchev–Trinajstić information content (AvgIpc) is 2.98. The van der Waals surface area contributed by atoms with Gasteiger partial charge >= 0.3 is 0 Å². The summed E-state index contributed by atoms with van der Waals surface area (Å²) >= 11 is 0. The normalized spacial score (nSPS) is 19.1. The second kappa shape index (κ2) is 5.42. The molecule has 0 radical (unpaired) electrons. The molecule has 1 aromatic heterocycles. The molecule has 1 saturated heterocycles. The van der Waals surface area contributed by atoms with E-state index in [4.69, 9.17) is 4.74 Å². The topological polar surface area (TPSA) is 60.2 Å². The Morgan fingerprint density at radius 2 is 2.15 bits per heavy atom. The lowest BCUT2D eigenvalue weighted by atomic mass is 10.2. The fourth-order valence-corrected chi connectivity index (χ4v) is 2.24. The van der Waals surface area contributed by atoms with Crippen molar-refractivity contribution >= 4 is 5.91 Å². The van der Waals surface area contributed by atoms with Crippen molar-refractivity contribution in [2.24, 2.45) is 0 Å². The number of carbonyl (C=O) groups is 1. The maximum Gasteiger partial charge on any atom is 0.276 e. The summed E-state index contributed by atoms with van der Waals surface area (Å²) < 4.78 is 6.95. The second-order valence-corrected chi connectivity index (χ2v) is 4.81. The van der Waals surface area contributed by atoms with E-state index in [0.29, 0.717) is 25.5 Å². The minimum atomic E-state index is -0.0945. The van der Waals surface area contributed by atoms with Gasteiger partial charge in [-0.3, -0.25) is 4.79 Å². The third-order valence-electron chi connectivity index (χ3n) is 3.36. The van der Waals surface area contributed by atoms with Gasteiger partial charge in [-0.2, -0.15) is 0 Å². The standard InChI is InChI=1S/C14H16N4O2/c1-11-10-20-8-7-17(11)14(19)13-9-18(16-15-13)12-5-3-2-4-6-12/h2-6,9,11H,7-8,10H2,1H3/t11-/m0/s1. The molecule has 6 nitrogen and oxygen atoms in total. The highest BCUT2D eigenvalue weighted by Crippen LogP contribution is 2.12. The summed E-state index contributed by atoms with van der Waals surface area (Å²) in [5, 5.41) is 8.00. The van der Waals surface area contributed by atoms with E-state index in [0.717, 1.165) is 5.69 Å². The van der Waals surface area contributed by atoms with Gasteiger partial charge in [0, 0.05) is 6.54 Å². The molecule has 3 rings (SSSR count). The summed E-state index contributed by atoms with van der Waals surface area (Å²) in [5.41, 5.74) is 1.25. The molecule has 0 aliphatic carbocycles. The number of aromatic nitrogens is 3. The number of para-hydroxylation sites is 1. The van der Waals surface area contributed by atoms with Gasteiger partial charge < -0.3 is 9.64 Å². The third-order valence-corrected chi connectivity index (χ3v) is 3.36. The maximum atomic E-state index is 12.4. The van der Waals surface area contributed by atoms with Crippen molar-refractivity contribution < 1.29 is 9.53 Å². The molecule has 1 atom stereocenters. The Labute approximate surface area is 117 Å². The van der Waals surface area contributed by atoms with Gasteiger partial charge in [0.25, 0.3) is 5.91 Å². The number of amides is 1. The first-order valence-corrected chi connectivity index (χ1v) is 6.62. The Morgan fingerprint density at radius 1 is 1.35 bits per heavy atom. The van der Waals surface area contributed by atoms with Crippen molar-refractivity contribution in [1.29, 1.82) is 0 Å². The predicted octanol–water partition coefficient (Wildman–Crippen LogP) is 1.13. The molecule has 1 amide bonds.